The van der Waals surface area contributed by atoms with Crippen LogP contribution in [-0.4, -0.2) is 49.3 Å². The van der Waals surface area contributed by atoms with E-state index < -0.39 is 11.9 Å². The first-order valence-electron chi connectivity index (χ1n) is 7.51. The molecule has 1 atom stereocenters. The molecule has 1 unspecified atom stereocenters. The second-order valence-electron chi connectivity index (χ2n) is 5.47. The van der Waals surface area contributed by atoms with E-state index in [0.29, 0.717) is 37.4 Å². The molecule has 1 heterocycles. The number of methoxy groups -OCH3 is 2. The standard InChI is InChI=1S/C16H22N2O5/c1-22-13-6-5-11(8-14(13)23-2)9-17-16(21)18-7-3-4-12(10-18)15(19)20/h5-6,8,12H,3-4,7,9-10H2,1-2H3,(H,17,21)(H,19,20). The number of hydrogen-bond acceptors (Lipinski definition) is 4. The van der Waals surface area contributed by atoms with E-state index in [-0.39, 0.29) is 12.6 Å². The lowest BCUT2D eigenvalue weighted by Gasteiger charge is -2.30. The summed E-state index contributed by atoms with van der Waals surface area (Å²) in [4.78, 5) is 24.8. The Hall–Kier alpha value is -2.44. The van der Waals surface area contributed by atoms with Crippen molar-refractivity contribution in [3.05, 3.63) is 23.8 Å². The normalized spacial score (nSPS) is 17.5. The van der Waals surface area contributed by atoms with Gasteiger partial charge in [-0.2, -0.15) is 0 Å². The molecular weight excluding hydrogens is 300 g/mol. The first-order valence-corrected chi connectivity index (χ1v) is 7.51. The molecule has 126 valence electrons. The van der Waals surface area contributed by atoms with Gasteiger partial charge in [-0.25, -0.2) is 4.79 Å². The van der Waals surface area contributed by atoms with Crippen molar-refractivity contribution in [2.45, 2.75) is 19.4 Å². The summed E-state index contributed by atoms with van der Waals surface area (Å²) in [7, 11) is 3.12. The maximum Gasteiger partial charge on any atom is 0.317 e. The van der Waals surface area contributed by atoms with Crippen LogP contribution in [0.5, 0.6) is 11.5 Å². The fourth-order valence-electron chi connectivity index (χ4n) is 2.64. The number of piperidine rings is 1. The fraction of sp³-hybridized carbons (Fsp3) is 0.500. The Kier molecular flexibility index (Phi) is 5.67. The lowest BCUT2D eigenvalue weighted by Crippen LogP contribution is -2.46. The van der Waals surface area contributed by atoms with Crippen LogP contribution in [0.1, 0.15) is 18.4 Å². The number of carbonyl (C=O) groups is 2. The van der Waals surface area contributed by atoms with Crippen molar-refractivity contribution < 1.29 is 24.2 Å². The molecule has 1 aromatic carbocycles. The highest BCUT2D eigenvalue weighted by atomic mass is 16.5. The maximum atomic E-state index is 12.2. The number of hydrogen-bond donors (Lipinski definition) is 2. The average molecular weight is 322 g/mol. The summed E-state index contributed by atoms with van der Waals surface area (Å²) in [5, 5.41) is 11.9. The van der Waals surface area contributed by atoms with E-state index in [4.69, 9.17) is 14.6 Å². The van der Waals surface area contributed by atoms with Crippen LogP contribution >= 0.6 is 0 Å². The zero-order valence-corrected chi connectivity index (χ0v) is 13.4. The molecular formula is C16H22N2O5. The molecule has 0 saturated carbocycles. The molecule has 1 fully saturated rings. The Morgan fingerprint density at radius 1 is 1.30 bits per heavy atom. The van der Waals surface area contributed by atoms with E-state index in [1.54, 1.807) is 31.3 Å². The second-order valence-corrected chi connectivity index (χ2v) is 5.47. The van der Waals surface area contributed by atoms with Crippen LogP contribution in [-0.2, 0) is 11.3 Å². The van der Waals surface area contributed by atoms with E-state index in [0.717, 1.165) is 5.56 Å². The van der Waals surface area contributed by atoms with Gasteiger partial charge in [-0.05, 0) is 30.5 Å². The van der Waals surface area contributed by atoms with Gasteiger partial charge in [-0.15, -0.1) is 0 Å². The van der Waals surface area contributed by atoms with E-state index in [2.05, 4.69) is 5.32 Å². The number of nitrogens with one attached hydrogen (secondary N) is 1. The maximum absolute atomic E-state index is 12.2. The van der Waals surface area contributed by atoms with Crippen molar-refractivity contribution >= 4 is 12.0 Å². The molecule has 2 N–H and O–H groups in total. The summed E-state index contributed by atoms with van der Waals surface area (Å²) in [6.07, 6.45) is 1.33. The first-order chi connectivity index (χ1) is 11.0. The first kappa shape index (κ1) is 16.9. The molecule has 0 bridgehead atoms. The van der Waals surface area contributed by atoms with Gasteiger partial charge in [0.2, 0.25) is 0 Å². The Labute approximate surface area is 135 Å². The molecule has 23 heavy (non-hydrogen) atoms. The third kappa shape index (κ3) is 4.28. The molecule has 0 aliphatic carbocycles. The number of aliphatic carboxylic acids is 1. The molecule has 0 aromatic heterocycles. The molecule has 0 radical (unpaired) electrons. The number of benzene rings is 1. The highest BCUT2D eigenvalue weighted by molar-refractivity contribution is 5.76. The predicted molar refractivity (Wildman–Crippen MR) is 83.7 cm³/mol. The van der Waals surface area contributed by atoms with E-state index in [1.165, 1.54) is 0 Å². The number of amides is 2. The van der Waals surface area contributed by atoms with Gasteiger partial charge < -0.3 is 24.8 Å². The Bertz CT molecular complexity index is 576. The Morgan fingerprint density at radius 2 is 2.04 bits per heavy atom. The van der Waals surface area contributed by atoms with Crippen LogP contribution in [0.3, 0.4) is 0 Å². The molecule has 2 rings (SSSR count). The van der Waals surface area contributed by atoms with Crippen LogP contribution in [0, 0.1) is 5.92 Å². The molecule has 7 heteroatoms. The predicted octanol–water partition coefficient (Wildman–Crippen LogP) is 1.71. The summed E-state index contributed by atoms with van der Waals surface area (Å²) in [5.41, 5.74) is 0.878. The summed E-state index contributed by atoms with van der Waals surface area (Å²) in [6, 6.07) is 5.18. The van der Waals surface area contributed by atoms with Gasteiger partial charge in [0.15, 0.2) is 11.5 Å². The van der Waals surface area contributed by atoms with Crippen molar-refractivity contribution in [1.29, 1.82) is 0 Å². The van der Waals surface area contributed by atoms with Crippen molar-refractivity contribution in [3.8, 4) is 11.5 Å². The van der Waals surface area contributed by atoms with E-state index in [9.17, 15) is 9.59 Å². The largest absolute Gasteiger partial charge is 0.493 e. The second kappa shape index (κ2) is 7.71. The minimum absolute atomic E-state index is 0.245. The number of carboxylic acids is 1. The molecule has 1 aliphatic heterocycles. The zero-order chi connectivity index (χ0) is 16.8. The van der Waals surface area contributed by atoms with Gasteiger partial charge in [-0.3, -0.25) is 4.79 Å². The van der Waals surface area contributed by atoms with Gasteiger partial charge in [0.05, 0.1) is 20.1 Å². The summed E-state index contributed by atoms with van der Waals surface area (Å²) in [5.74, 6) is -0.0935. The molecule has 1 aliphatic rings. The zero-order valence-electron chi connectivity index (χ0n) is 13.4. The Balaban J connectivity index is 1.92. The van der Waals surface area contributed by atoms with Gasteiger partial charge in [0.1, 0.15) is 0 Å². The lowest BCUT2D eigenvalue weighted by atomic mass is 9.99. The topological polar surface area (TPSA) is 88.1 Å². The minimum atomic E-state index is -0.845. The number of ether oxygens (including phenoxy) is 2. The number of rotatable bonds is 5. The van der Waals surface area contributed by atoms with Crippen molar-refractivity contribution in [2.75, 3.05) is 27.3 Å². The van der Waals surface area contributed by atoms with Gasteiger partial charge in [-0.1, -0.05) is 6.07 Å². The van der Waals surface area contributed by atoms with E-state index in [1.807, 2.05) is 6.07 Å². The average Bonchev–Trinajstić information content (AvgIpc) is 2.59. The van der Waals surface area contributed by atoms with Gasteiger partial charge in [0, 0.05) is 19.6 Å². The third-order valence-corrected chi connectivity index (χ3v) is 3.95. The molecule has 7 nitrogen and oxygen atoms in total. The summed E-state index contributed by atoms with van der Waals surface area (Å²) >= 11 is 0. The number of carboxylic acid groups (broad SMARTS) is 1. The monoisotopic (exact) mass is 322 g/mol. The highest BCUT2D eigenvalue weighted by Crippen LogP contribution is 2.27. The molecule has 1 aromatic rings. The number of carbonyl (C=O) groups excluding carboxylic acids is 1. The van der Waals surface area contributed by atoms with Crippen molar-refractivity contribution in [2.24, 2.45) is 5.92 Å². The smallest absolute Gasteiger partial charge is 0.317 e. The van der Waals surface area contributed by atoms with Crippen LogP contribution in [0.2, 0.25) is 0 Å². The molecule has 2 amide bonds. The lowest BCUT2D eigenvalue weighted by molar-refractivity contribution is -0.143. The summed E-state index contributed by atoms with van der Waals surface area (Å²) in [6.45, 7) is 1.18. The SMILES string of the molecule is COc1ccc(CNC(=O)N2CCCC(C(=O)O)C2)cc1OC. The number of likely N-dealkylation sites (tertiary alicyclic amines) is 1. The molecule has 1 saturated heterocycles. The third-order valence-electron chi connectivity index (χ3n) is 3.95. The van der Waals surface area contributed by atoms with E-state index >= 15 is 0 Å². The van der Waals surface area contributed by atoms with Crippen molar-refractivity contribution in [1.82, 2.24) is 10.2 Å². The van der Waals surface area contributed by atoms with Crippen molar-refractivity contribution in [3.63, 3.8) is 0 Å². The van der Waals surface area contributed by atoms with Crippen LogP contribution < -0.4 is 14.8 Å². The Morgan fingerprint density at radius 3 is 2.70 bits per heavy atom. The van der Waals surface area contributed by atoms with Crippen LogP contribution in [0.4, 0.5) is 4.79 Å². The van der Waals surface area contributed by atoms with Gasteiger partial charge in [0.25, 0.3) is 0 Å². The molecule has 0 spiro atoms. The fourth-order valence-corrected chi connectivity index (χ4v) is 2.64. The summed E-state index contributed by atoms with van der Waals surface area (Å²) < 4.78 is 10.4. The van der Waals surface area contributed by atoms with Crippen LogP contribution in [0.15, 0.2) is 18.2 Å². The highest BCUT2D eigenvalue weighted by Gasteiger charge is 2.27. The van der Waals surface area contributed by atoms with Crippen LogP contribution in [0.25, 0.3) is 0 Å². The van der Waals surface area contributed by atoms with Gasteiger partial charge >= 0.3 is 12.0 Å². The number of urea groups is 1. The quantitative estimate of drug-likeness (QED) is 0.861. The minimum Gasteiger partial charge on any atom is -0.493 e. The number of nitrogens with zero attached hydrogens (tertiary/aromatic N) is 1.